The minimum atomic E-state index is -0.615. The zero-order valence-electron chi connectivity index (χ0n) is 17.2. The molecule has 0 spiro atoms. The van der Waals surface area contributed by atoms with E-state index in [0.29, 0.717) is 30.0 Å². The van der Waals surface area contributed by atoms with Gasteiger partial charge < -0.3 is 15.4 Å². The highest BCUT2D eigenvalue weighted by atomic mass is 16.5. The van der Waals surface area contributed by atoms with E-state index >= 15 is 0 Å². The van der Waals surface area contributed by atoms with Crippen LogP contribution in [0.25, 0.3) is 11.1 Å². The average Bonchev–Trinajstić information content (AvgIpc) is 2.79. The molecule has 0 aliphatic carbocycles. The highest BCUT2D eigenvalue weighted by Gasteiger charge is 2.19. The second kappa shape index (κ2) is 10.3. The number of anilines is 1. The molecule has 0 bridgehead atoms. The lowest BCUT2D eigenvalue weighted by atomic mass is 10.1. The van der Waals surface area contributed by atoms with E-state index in [-0.39, 0.29) is 11.8 Å². The summed E-state index contributed by atoms with van der Waals surface area (Å²) < 4.78 is 5.91. The molecule has 0 heterocycles. The van der Waals surface area contributed by atoms with E-state index in [9.17, 15) is 9.59 Å². The van der Waals surface area contributed by atoms with Gasteiger partial charge in [-0.05, 0) is 60.9 Å². The van der Waals surface area contributed by atoms with Crippen molar-refractivity contribution in [1.29, 1.82) is 0 Å². The minimum absolute atomic E-state index is 0.135. The molecular weight excluding hydrogens is 376 g/mol. The van der Waals surface area contributed by atoms with E-state index in [4.69, 9.17) is 4.74 Å². The van der Waals surface area contributed by atoms with Gasteiger partial charge in [0.25, 0.3) is 11.8 Å². The van der Waals surface area contributed by atoms with E-state index < -0.39 is 6.10 Å². The van der Waals surface area contributed by atoms with Crippen LogP contribution in [0.3, 0.4) is 0 Å². The van der Waals surface area contributed by atoms with Gasteiger partial charge in [0.2, 0.25) is 0 Å². The fourth-order valence-corrected chi connectivity index (χ4v) is 3.03. The maximum atomic E-state index is 12.6. The topological polar surface area (TPSA) is 67.4 Å². The number of rotatable bonds is 8. The quantitative estimate of drug-likeness (QED) is 0.563. The Morgan fingerprint density at radius 2 is 1.47 bits per heavy atom. The van der Waals surface area contributed by atoms with Gasteiger partial charge in [0.05, 0.1) is 0 Å². The van der Waals surface area contributed by atoms with Crippen LogP contribution in [0.2, 0.25) is 0 Å². The summed E-state index contributed by atoms with van der Waals surface area (Å²) in [5, 5.41) is 5.60. The molecule has 0 aliphatic rings. The van der Waals surface area contributed by atoms with Crippen molar-refractivity contribution in [3.63, 3.8) is 0 Å². The second-order valence-electron chi connectivity index (χ2n) is 6.83. The lowest BCUT2D eigenvalue weighted by Crippen LogP contribution is -2.32. The maximum Gasteiger partial charge on any atom is 0.265 e. The predicted octanol–water partition coefficient (Wildman–Crippen LogP) is 4.90. The normalized spacial score (nSPS) is 11.4. The van der Waals surface area contributed by atoms with Crippen LogP contribution in [0, 0.1) is 0 Å². The Morgan fingerprint density at radius 3 is 2.07 bits per heavy atom. The molecule has 1 unspecified atom stereocenters. The summed E-state index contributed by atoms with van der Waals surface area (Å²) in [4.78, 5) is 24.5. The number of ether oxygens (including phenoxy) is 1. The first-order valence-electron chi connectivity index (χ1n) is 10.1. The fraction of sp³-hybridized carbons (Fsp3) is 0.200. The third-order valence-corrected chi connectivity index (χ3v) is 4.65. The molecule has 30 heavy (non-hydrogen) atoms. The van der Waals surface area contributed by atoms with Gasteiger partial charge in [-0.25, -0.2) is 0 Å². The molecular formula is C25H26N2O3. The Balaban J connectivity index is 1.61. The van der Waals surface area contributed by atoms with Gasteiger partial charge in [-0.3, -0.25) is 9.59 Å². The molecule has 3 aromatic carbocycles. The van der Waals surface area contributed by atoms with Gasteiger partial charge >= 0.3 is 0 Å². The Kier molecular flexibility index (Phi) is 7.22. The molecule has 3 rings (SSSR count). The Bertz CT molecular complexity index is 968. The molecule has 5 nitrogen and oxygen atoms in total. The highest BCUT2D eigenvalue weighted by molar-refractivity contribution is 5.97. The van der Waals surface area contributed by atoms with E-state index in [1.165, 1.54) is 0 Å². The van der Waals surface area contributed by atoms with Gasteiger partial charge in [0, 0.05) is 17.8 Å². The largest absolute Gasteiger partial charge is 0.481 e. The van der Waals surface area contributed by atoms with Crippen LogP contribution in [-0.4, -0.2) is 24.5 Å². The highest BCUT2D eigenvalue weighted by Crippen LogP contribution is 2.23. The van der Waals surface area contributed by atoms with Crippen molar-refractivity contribution in [1.82, 2.24) is 5.32 Å². The molecule has 0 saturated heterocycles. The number of hydrogen-bond donors (Lipinski definition) is 2. The molecule has 2 N–H and O–H groups in total. The molecule has 0 aromatic heterocycles. The third-order valence-electron chi connectivity index (χ3n) is 4.65. The smallest absolute Gasteiger partial charge is 0.265 e. The molecule has 0 radical (unpaired) electrons. The number of amides is 2. The minimum Gasteiger partial charge on any atom is -0.481 e. The lowest BCUT2D eigenvalue weighted by molar-refractivity contribution is -0.122. The summed E-state index contributed by atoms with van der Waals surface area (Å²) in [5.41, 5.74) is 3.39. The summed E-state index contributed by atoms with van der Waals surface area (Å²) in [6.07, 6.45) is -0.0841. The van der Waals surface area contributed by atoms with Crippen LogP contribution < -0.4 is 15.4 Å². The molecule has 1 atom stereocenters. The SMILES string of the molecule is CCNC(=O)c1ccc(NC(=O)C(CC)Oc2ccc(-c3ccccc3)cc2)cc1. The molecule has 0 fully saturated rings. The van der Waals surface area contributed by atoms with Gasteiger partial charge in [-0.1, -0.05) is 49.4 Å². The van der Waals surface area contributed by atoms with Crippen molar-refractivity contribution < 1.29 is 14.3 Å². The number of hydrogen-bond acceptors (Lipinski definition) is 3. The Hall–Kier alpha value is -3.60. The van der Waals surface area contributed by atoms with Gasteiger partial charge in [-0.15, -0.1) is 0 Å². The van der Waals surface area contributed by atoms with Crippen molar-refractivity contribution in [3.05, 3.63) is 84.4 Å². The second-order valence-corrected chi connectivity index (χ2v) is 6.83. The first-order valence-corrected chi connectivity index (χ1v) is 10.1. The van der Waals surface area contributed by atoms with E-state index in [0.717, 1.165) is 11.1 Å². The van der Waals surface area contributed by atoms with E-state index in [2.05, 4.69) is 22.8 Å². The van der Waals surface area contributed by atoms with Crippen LogP contribution in [0.4, 0.5) is 5.69 Å². The van der Waals surface area contributed by atoms with Crippen molar-refractivity contribution in [2.75, 3.05) is 11.9 Å². The number of nitrogens with one attached hydrogen (secondary N) is 2. The van der Waals surface area contributed by atoms with Crippen molar-refractivity contribution in [3.8, 4) is 16.9 Å². The summed E-state index contributed by atoms with van der Waals surface area (Å²) in [6, 6.07) is 24.6. The lowest BCUT2D eigenvalue weighted by Gasteiger charge is -2.17. The third kappa shape index (κ3) is 5.47. The molecule has 154 valence electrons. The first kappa shape index (κ1) is 21.1. The molecule has 2 amide bonds. The fourth-order valence-electron chi connectivity index (χ4n) is 3.03. The van der Waals surface area contributed by atoms with E-state index in [1.54, 1.807) is 24.3 Å². The molecule has 0 aliphatic heterocycles. The molecule has 5 heteroatoms. The van der Waals surface area contributed by atoms with Crippen LogP contribution in [0.15, 0.2) is 78.9 Å². The number of carbonyl (C=O) groups is 2. The first-order chi connectivity index (χ1) is 14.6. The summed E-state index contributed by atoms with van der Waals surface area (Å²) >= 11 is 0. The van der Waals surface area contributed by atoms with Gasteiger partial charge in [0.15, 0.2) is 6.10 Å². The van der Waals surface area contributed by atoms with Crippen LogP contribution in [0.1, 0.15) is 30.6 Å². The van der Waals surface area contributed by atoms with Crippen LogP contribution in [0.5, 0.6) is 5.75 Å². The molecule has 0 saturated carbocycles. The standard InChI is InChI=1S/C25H26N2O3/c1-3-23(25(29)27-21-14-10-20(11-15-21)24(28)26-4-2)30-22-16-12-19(13-17-22)18-8-6-5-7-9-18/h5-17,23H,3-4H2,1-2H3,(H,26,28)(H,27,29). The number of benzene rings is 3. The van der Waals surface area contributed by atoms with Gasteiger partial charge in [0.1, 0.15) is 5.75 Å². The summed E-state index contributed by atoms with van der Waals surface area (Å²) in [5.74, 6) is 0.280. The number of carbonyl (C=O) groups excluding carboxylic acids is 2. The van der Waals surface area contributed by atoms with Gasteiger partial charge in [-0.2, -0.15) is 0 Å². The van der Waals surface area contributed by atoms with Crippen molar-refractivity contribution in [2.45, 2.75) is 26.4 Å². The van der Waals surface area contributed by atoms with E-state index in [1.807, 2.05) is 56.3 Å². The zero-order chi connectivity index (χ0) is 21.3. The summed E-state index contributed by atoms with van der Waals surface area (Å²) in [7, 11) is 0. The monoisotopic (exact) mass is 402 g/mol. The van der Waals surface area contributed by atoms with Crippen LogP contribution >= 0.6 is 0 Å². The Morgan fingerprint density at radius 1 is 0.833 bits per heavy atom. The van der Waals surface area contributed by atoms with Crippen molar-refractivity contribution >= 4 is 17.5 Å². The van der Waals surface area contributed by atoms with Crippen LogP contribution in [-0.2, 0) is 4.79 Å². The predicted molar refractivity (Wildman–Crippen MR) is 120 cm³/mol. The Labute approximate surface area is 177 Å². The van der Waals surface area contributed by atoms with Crippen molar-refractivity contribution in [2.24, 2.45) is 0 Å². The zero-order valence-corrected chi connectivity index (χ0v) is 17.2. The average molecular weight is 402 g/mol. The molecule has 3 aromatic rings. The maximum absolute atomic E-state index is 12.6. The summed E-state index contributed by atoms with van der Waals surface area (Å²) in [6.45, 7) is 4.34.